The largest absolute Gasteiger partial charge is 0.355 e. The molecule has 1 aliphatic rings. The second-order valence-electron chi connectivity index (χ2n) is 5.83. The summed E-state index contributed by atoms with van der Waals surface area (Å²) in [7, 11) is 0. The maximum absolute atomic E-state index is 12.4. The Kier molecular flexibility index (Phi) is 6.55. The summed E-state index contributed by atoms with van der Waals surface area (Å²) < 4.78 is 0. The van der Waals surface area contributed by atoms with Crippen molar-refractivity contribution in [2.45, 2.75) is 19.4 Å². The van der Waals surface area contributed by atoms with Crippen LogP contribution >= 0.6 is 0 Å². The molecule has 0 saturated carbocycles. The Morgan fingerprint density at radius 3 is 2.43 bits per heavy atom. The molecule has 2 rings (SSSR count). The highest BCUT2D eigenvalue weighted by molar-refractivity contribution is 5.78. The van der Waals surface area contributed by atoms with E-state index in [1.54, 1.807) is 0 Å². The van der Waals surface area contributed by atoms with Crippen molar-refractivity contribution in [2.24, 2.45) is 5.73 Å². The normalized spacial score (nSPS) is 16.9. The van der Waals surface area contributed by atoms with Crippen LogP contribution in [0.3, 0.4) is 0 Å². The van der Waals surface area contributed by atoms with Crippen LogP contribution in [-0.2, 0) is 9.59 Å². The van der Waals surface area contributed by atoms with Gasteiger partial charge in [0, 0.05) is 45.2 Å². The van der Waals surface area contributed by atoms with Crippen LogP contribution in [-0.4, -0.2) is 60.9 Å². The third kappa shape index (κ3) is 5.33. The Hall–Kier alpha value is -1.92. The average Bonchev–Trinajstić information content (AvgIpc) is 2.56. The summed E-state index contributed by atoms with van der Waals surface area (Å²) in [5.74, 6) is 0.123. The highest BCUT2D eigenvalue weighted by atomic mass is 16.2. The van der Waals surface area contributed by atoms with Gasteiger partial charge in [0.05, 0.1) is 6.54 Å². The number of likely N-dealkylation sites (N-methyl/N-ethyl adjacent to an activating group) is 1. The van der Waals surface area contributed by atoms with Crippen molar-refractivity contribution in [1.82, 2.24) is 15.1 Å². The molecule has 1 fully saturated rings. The topological polar surface area (TPSA) is 78.7 Å². The molecular formula is C17H26N4O2. The van der Waals surface area contributed by atoms with Crippen LogP contribution in [0, 0.1) is 0 Å². The first-order chi connectivity index (χ1) is 11.1. The van der Waals surface area contributed by atoms with Crippen molar-refractivity contribution >= 4 is 11.8 Å². The van der Waals surface area contributed by atoms with E-state index in [1.807, 2.05) is 42.2 Å². The first kappa shape index (κ1) is 17.4. The molecule has 0 bridgehead atoms. The third-order valence-corrected chi connectivity index (χ3v) is 4.09. The molecule has 2 amide bonds. The molecule has 3 N–H and O–H groups in total. The molecule has 0 aliphatic carbocycles. The quantitative estimate of drug-likeness (QED) is 0.794. The van der Waals surface area contributed by atoms with Gasteiger partial charge >= 0.3 is 0 Å². The Morgan fingerprint density at radius 1 is 1.17 bits per heavy atom. The summed E-state index contributed by atoms with van der Waals surface area (Å²) >= 11 is 0. The zero-order chi connectivity index (χ0) is 16.7. The first-order valence-corrected chi connectivity index (χ1v) is 8.17. The molecule has 1 heterocycles. The van der Waals surface area contributed by atoms with E-state index in [-0.39, 0.29) is 17.9 Å². The highest BCUT2D eigenvalue weighted by Gasteiger charge is 2.23. The minimum atomic E-state index is -0.267. The zero-order valence-electron chi connectivity index (χ0n) is 13.7. The van der Waals surface area contributed by atoms with E-state index in [4.69, 9.17) is 5.73 Å². The summed E-state index contributed by atoms with van der Waals surface area (Å²) in [6.07, 6.45) is 0.320. The number of nitrogens with one attached hydrogen (secondary N) is 1. The van der Waals surface area contributed by atoms with Gasteiger partial charge in [-0.2, -0.15) is 0 Å². The summed E-state index contributed by atoms with van der Waals surface area (Å²) in [4.78, 5) is 27.9. The molecule has 1 saturated heterocycles. The fourth-order valence-corrected chi connectivity index (χ4v) is 2.75. The lowest BCUT2D eigenvalue weighted by Crippen LogP contribution is -2.51. The number of nitrogens with zero attached hydrogens (tertiary/aromatic N) is 2. The van der Waals surface area contributed by atoms with Crippen molar-refractivity contribution in [1.29, 1.82) is 0 Å². The number of carbonyl (C=O) groups is 2. The molecule has 23 heavy (non-hydrogen) atoms. The minimum Gasteiger partial charge on any atom is -0.355 e. The molecule has 1 unspecified atom stereocenters. The second-order valence-corrected chi connectivity index (χ2v) is 5.83. The van der Waals surface area contributed by atoms with Crippen LogP contribution < -0.4 is 11.1 Å². The number of rotatable bonds is 6. The number of benzene rings is 1. The molecule has 6 nitrogen and oxygen atoms in total. The van der Waals surface area contributed by atoms with Crippen molar-refractivity contribution in [3.63, 3.8) is 0 Å². The van der Waals surface area contributed by atoms with Gasteiger partial charge in [0.2, 0.25) is 11.8 Å². The van der Waals surface area contributed by atoms with Gasteiger partial charge in [-0.3, -0.25) is 14.5 Å². The summed E-state index contributed by atoms with van der Waals surface area (Å²) in [6, 6.07) is 9.42. The van der Waals surface area contributed by atoms with E-state index in [9.17, 15) is 9.59 Å². The predicted octanol–water partition coefficient (Wildman–Crippen LogP) is 0.357. The lowest BCUT2D eigenvalue weighted by Gasteiger charge is -2.34. The lowest BCUT2D eigenvalue weighted by molar-refractivity contribution is -0.133. The molecule has 6 heteroatoms. The number of nitrogens with two attached hydrogens (primary N) is 1. The maximum atomic E-state index is 12.4. The second kappa shape index (κ2) is 8.64. The van der Waals surface area contributed by atoms with Gasteiger partial charge in [-0.1, -0.05) is 30.3 Å². The van der Waals surface area contributed by atoms with E-state index >= 15 is 0 Å². The van der Waals surface area contributed by atoms with E-state index in [0.29, 0.717) is 32.6 Å². The highest BCUT2D eigenvalue weighted by Crippen LogP contribution is 2.15. The van der Waals surface area contributed by atoms with Crippen molar-refractivity contribution in [3.05, 3.63) is 35.9 Å². The molecule has 0 radical (unpaired) electrons. The van der Waals surface area contributed by atoms with Gasteiger partial charge < -0.3 is 16.0 Å². The minimum absolute atomic E-state index is 0.0402. The smallest absolute Gasteiger partial charge is 0.234 e. The summed E-state index contributed by atoms with van der Waals surface area (Å²) in [6.45, 7) is 5.71. The third-order valence-electron chi connectivity index (χ3n) is 4.09. The maximum Gasteiger partial charge on any atom is 0.234 e. The molecule has 0 aromatic heterocycles. The standard InChI is InChI=1S/C17H26N4O2/c1-2-19-16(22)13-20-8-10-21(11-9-20)17(23)12-15(18)14-6-4-3-5-7-14/h3-7,15H,2,8-13,18H2,1H3,(H,19,22). The van der Waals surface area contributed by atoms with Gasteiger partial charge in [0.15, 0.2) is 0 Å². The molecule has 1 aromatic rings. The molecule has 0 spiro atoms. The van der Waals surface area contributed by atoms with E-state index < -0.39 is 0 Å². The average molecular weight is 318 g/mol. The van der Waals surface area contributed by atoms with Crippen LogP contribution in [0.2, 0.25) is 0 Å². The monoisotopic (exact) mass is 318 g/mol. The van der Waals surface area contributed by atoms with Crippen molar-refractivity contribution in [2.75, 3.05) is 39.3 Å². The van der Waals surface area contributed by atoms with Gasteiger partial charge in [0.25, 0.3) is 0 Å². The fourth-order valence-electron chi connectivity index (χ4n) is 2.75. The molecule has 126 valence electrons. The zero-order valence-corrected chi connectivity index (χ0v) is 13.7. The fraction of sp³-hybridized carbons (Fsp3) is 0.529. The predicted molar refractivity (Wildman–Crippen MR) is 89.7 cm³/mol. The van der Waals surface area contributed by atoms with Crippen LogP contribution in [0.15, 0.2) is 30.3 Å². The Balaban J connectivity index is 1.76. The number of hydrogen-bond donors (Lipinski definition) is 2. The van der Waals surface area contributed by atoms with Gasteiger partial charge in [-0.25, -0.2) is 0 Å². The van der Waals surface area contributed by atoms with E-state index in [2.05, 4.69) is 10.2 Å². The number of hydrogen-bond acceptors (Lipinski definition) is 4. The summed E-state index contributed by atoms with van der Waals surface area (Å²) in [5.41, 5.74) is 7.10. The molecule has 1 aromatic carbocycles. The summed E-state index contributed by atoms with van der Waals surface area (Å²) in [5, 5.41) is 2.79. The van der Waals surface area contributed by atoms with Crippen LogP contribution in [0.5, 0.6) is 0 Å². The van der Waals surface area contributed by atoms with Gasteiger partial charge in [-0.15, -0.1) is 0 Å². The number of piperazine rings is 1. The molecule has 1 aliphatic heterocycles. The van der Waals surface area contributed by atoms with Crippen LogP contribution in [0.25, 0.3) is 0 Å². The van der Waals surface area contributed by atoms with Gasteiger partial charge in [-0.05, 0) is 12.5 Å². The van der Waals surface area contributed by atoms with Crippen molar-refractivity contribution < 1.29 is 9.59 Å². The van der Waals surface area contributed by atoms with Crippen LogP contribution in [0.4, 0.5) is 0 Å². The van der Waals surface area contributed by atoms with Crippen LogP contribution in [0.1, 0.15) is 24.9 Å². The Bertz CT molecular complexity index is 513. The first-order valence-electron chi connectivity index (χ1n) is 8.17. The SMILES string of the molecule is CCNC(=O)CN1CCN(C(=O)CC(N)c2ccccc2)CC1. The molecular weight excluding hydrogens is 292 g/mol. The number of amides is 2. The lowest BCUT2D eigenvalue weighted by atomic mass is 10.0. The van der Waals surface area contributed by atoms with Crippen molar-refractivity contribution in [3.8, 4) is 0 Å². The number of carbonyl (C=O) groups excluding carboxylic acids is 2. The molecule has 1 atom stereocenters. The van der Waals surface area contributed by atoms with Gasteiger partial charge in [0.1, 0.15) is 0 Å². The Morgan fingerprint density at radius 2 is 1.83 bits per heavy atom. The Labute approximate surface area is 137 Å². The van der Waals surface area contributed by atoms with E-state index in [0.717, 1.165) is 18.7 Å². The van der Waals surface area contributed by atoms with E-state index in [1.165, 1.54) is 0 Å².